The molecular formula is C27H39N8O9PSSi. The summed E-state index contributed by atoms with van der Waals surface area (Å²) in [5, 5.41) is 29.2. The zero-order chi connectivity index (χ0) is 33.9. The lowest BCUT2D eigenvalue weighted by atomic mass is 10.1. The van der Waals surface area contributed by atoms with Gasteiger partial charge >= 0.3 is 6.72 Å². The Hall–Kier alpha value is -2.68. The number of rotatable bonds is 10. The fraction of sp³-hybridized carbons (Fsp3) is 0.593. The zero-order valence-corrected chi connectivity index (χ0v) is 29.2. The van der Waals surface area contributed by atoms with Crippen molar-refractivity contribution in [2.75, 3.05) is 18.9 Å². The molecule has 2 aliphatic heterocycles. The van der Waals surface area contributed by atoms with E-state index in [-0.39, 0.29) is 29.4 Å². The van der Waals surface area contributed by atoms with Gasteiger partial charge in [-0.1, -0.05) is 26.0 Å². The molecule has 4 aromatic rings. The highest BCUT2D eigenvalue weighted by Gasteiger charge is 2.53. The smallest absolute Gasteiger partial charge is 0.325 e. The average Bonchev–Trinajstić information content (AvgIpc) is 3.78. The highest BCUT2D eigenvalue weighted by atomic mass is 32.5. The molecule has 3 unspecified atom stereocenters. The van der Waals surface area contributed by atoms with E-state index in [9.17, 15) is 19.9 Å². The molecule has 20 heteroatoms. The summed E-state index contributed by atoms with van der Waals surface area (Å²) in [5.74, 6) is 0.248. The summed E-state index contributed by atoms with van der Waals surface area (Å²) >= 11 is 5.48. The van der Waals surface area contributed by atoms with E-state index in [1.54, 1.807) is 10.6 Å². The molecular weight excluding hydrogens is 671 g/mol. The topological polar surface area (TPSA) is 216 Å². The number of aliphatic hydroxyl groups excluding tert-OH is 2. The van der Waals surface area contributed by atoms with Crippen molar-refractivity contribution >= 4 is 49.5 Å². The minimum atomic E-state index is -4.09. The van der Waals surface area contributed by atoms with Crippen molar-refractivity contribution in [3.05, 3.63) is 47.3 Å². The molecule has 0 bridgehead atoms. The summed E-state index contributed by atoms with van der Waals surface area (Å²) in [4.78, 5) is 32.5. The predicted molar refractivity (Wildman–Crippen MR) is 174 cm³/mol. The largest absolute Gasteiger partial charge is 0.408 e. The standard InChI is InChI=1S/C27H39N8O9PSSi/c1-27(2,3)47(4,5)44-22-17(13-36)42-25(34-10-7-19(38)33-11-9-30-26(33)34)23(22)43-45(39,46)40-14-18-16(37)12-20(41-18)35-24-21(31-32-35)15(28)6-8-29-24/h6-11,16-18,20,22-23,25,36-37H,12-14H2,1-5H3,(H2,28,29)(H,39,46)/t16-,17+,18+,20+,22?,23?,25+,45?/m0/s1. The van der Waals surface area contributed by atoms with E-state index < -0.39 is 64.6 Å². The van der Waals surface area contributed by atoms with Gasteiger partial charge in [0.2, 0.25) is 5.78 Å². The van der Waals surface area contributed by atoms with E-state index in [1.807, 2.05) is 13.1 Å². The molecule has 5 N–H and O–H groups in total. The number of pyridine rings is 1. The van der Waals surface area contributed by atoms with Gasteiger partial charge in [-0.05, 0) is 36.0 Å². The molecule has 17 nitrogen and oxygen atoms in total. The first-order valence-corrected chi connectivity index (χ1v) is 20.5. The highest BCUT2D eigenvalue weighted by molar-refractivity contribution is 8.07. The maximum Gasteiger partial charge on any atom is 0.325 e. The van der Waals surface area contributed by atoms with Gasteiger partial charge in [-0.3, -0.25) is 18.3 Å². The molecule has 0 radical (unpaired) electrons. The summed E-state index contributed by atoms with van der Waals surface area (Å²) in [6.45, 7) is 5.47. The van der Waals surface area contributed by atoms with Crippen molar-refractivity contribution in [1.82, 2.24) is 33.9 Å². The molecule has 4 aromatic heterocycles. The van der Waals surface area contributed by atoms with Gasteiger partial charge in [-0.2, -0.15) is 4.68 Å². The van der Waals surface area contributed by atoms with Gasteiger partial charge in [0.1, 0.15) is 24.4 Å². The third-order valence-corrected chi connectivity index (χ3v) is 15.0. The molecule has 8 atom stereocenters. The molecule has 0 amide bonds. The molecule has 2 aliphatic rings. The number of aromatic nitrogens is 7. The summed E-state index contributed by atoms with van der Waals surface area (Å²) in [7, 11) is -2.51. The average molecular weight is 711 g/mol. The molecule has 0 spiro atoms. The van der Waals surface area contributed by atoms with E-state index in [4.69, 9.17) is 40.5 Å². The molecule has 6 rings (SSSR count). The Bertz CT molecular complexity index is 1860. The van der Waals surface area contributed by atoms with Crippen LogP contribution in [0.2, 0.25) is 18.1 Å². The van der Waals surface area contributed by atoms with Gasteiger partial charge in [-0.25, -0.2) is 9.97 Å². The lowest BCUT2D eigenvalue weighted by Gasteiger charge is -2.40. The number of hydrogen-bond donors (Lipinski definition) is 4. The number of anilines is 1. The Kier molecular flexibility index (Phi) is 9.20. The molecule has 47 heavy (non-hydrogen) atoms. The van der Waals surface area contributed by atoms with Crippen LogP contribution in [0.1, 0.15) is 39.6 Å². The maximum atomic E-state index is 12.5. The molecule has 6 heterocycles. The van der Waals surface area contributed by atoms with Crippen LogP contribution in [0, 0.1) is 0 Å². The minimum absolute atomic E-state index is 0.143. The van der Waals surface area contributed by atoms with Crippen LogP contribution in [0.25, 0.3) is 16.9 Å². The van der Waals surface area contributed by atoms with Gasteiger partial charge in [0.25, 0.3) is 5.56 Å². The van der Waals surface area contributed by atoms with Crippen molar-refractivity contribution in [3.8, 4) is 0 Å². The van der Waals surface area contributed by atoms with Crippen LogP contribution < -0.4 is 11.3 Å². The molecule has 0 aliphatic carbocycles. The van der Waals surface area contributed by atoms with E-state index in [0.717, 1.165) is 0 Å². The summed E-state index contributed by atoms with van der Waals surface area (Å²) in [6, 6.07) is 2.95. The summed E-state index contributed by atoms with van der Waals surface area (Å²) in [5.41, 5.74) is 6.88. The predicted octanol–water partition coefficient (Wildman–Crippen LogP) is 1.47. The Morgan fingerprint density at radius 3 is 2.64 bits per heavy atom. The van der Waals surface area contributed by atoms with Crippen LogP contribution in [-0.4, -0.2) is 101 Å². The third kappa shape index (κ3) is 6.54. The number of ether oxygens (including phenoxy) is 2. The van der Waals surface area contributed by atoms with Crippen LogP contribution in [0.5, 0.6) is 0 Å². The third-order valence-electron chi connectivity index (χ3n) is 8.97. The van der Waals surface area contributed by atoms with Gasteiger partial charge in [0.15, 0.2) is 31.9 Å². The summed E-state index contributed by atoms with van der Waals surface area (Å²) in [6.07, 6.45) is -0.352. The number of nitrogen functional groups attached to an aromatic ring is 1. The van der Waals surface area contributed by atoms with Crippen LogP contribution in [0.4, 0.5) is 5.69 Å². The number of fused-ring (bicyclic) bond motifs is 2. The molecule has 2 saturated heterocycles. The fourth-order valence-electron chi connectivity index (χ4n) is 5.42. The van der Waals surface area contributed by atoms with Crippen molar-refractivity contribution in [2.24, 2.45) is 0 Å². The number of imidazole rings is 1. The van der Waals surface area contributed by atoms with Crippen molar-refractivity contribution < 1.29 is 38.1 Å². The number of aliphatic hydroxyl groups is 2. The minimum Gasteiger partial charge on any atom is -0.408 e. The Balaban J connectivity index is 1.24. The van der Waals surface area contributed by atoms with Crippen molar-refractivity contribution in [2.45, 2.75) is 88.3 Å². The lowest BCUT2D eigenvalue weighted by molar-refractivity contribution is -0.0565. The SMILES string of the molecule is CC(C)(C)[Si](C)(C)OC1C(OP(O)(=S)OC[C@H]2O[C@@H](n3nnc4c(N)ccnc43)C[C@@H]2O)[C@H](n2ccc(=O)n3ccnc23)O[C@@H]1CO. The number of nitrogens with two attached hydrogens (primary N) is 1. The lowest BCUT2D eigenvalue weighted by Crippen LogP contribution is -2.50. The van der Waals surface area contributed by atoms with Crippen LogP contribution >= 0.6 is 6.72 Å². The van der Waals surface area contributed by atoms with E-state index in [2.05, 4.69) is 41.1 Å². The normalized spacial score (nSPS) is 28.4. The molecule has 0 aromatic carbocycles. The molecule has 2 fully saturated rings. The van der Waals surface area contributed by atoms with Gasteiger partial charge in [-0.15, -0.1) is 5.10 Å². The van der Waals surface area contributed by atoms with Gasteiger partial charge in [0, 0.05) is 37.3 Å². The highest BCUT2D eigenvalue weighted by Crippen LogP contribution is 2.52. The zero-order valence-electron chi connectivity index (χ0n) is 26.5. The second kappa shape index (κ2) is 12.6. The van der Waals surface area contributed by atoms with Crippen LogP contribution in [0.3, 0.4) is 0 Å². The quantitative estimate of drug-likeness (QED) is 0.135. The second-order valence-electron chi connectivity index (χ2n) is 13.1. The molecule has 256 valence electrons. The molecule has 0 saturated carbocycles. The Morgan fingerprint density at radius 2 is 1.91 bits per heavy atom. The second-order valence-corrected chi connectivity index (χ2v) is 20.7. The number of hydrogen-bond acceptors (Lipinski definition) is 14. The van der Waals surface area contributed by atoms with Crippen molar-refractivity contribution in [3.63, 3.8) is 0 Å². The Labute approximate surface area is 275 Å². The van der Waals surface area contributed by atoms with Crippen LogP contribution in [-0.2, 0) is 34.8 Å². The Morgan fingerprint density at radius 1 is 1.15 bits per heavy atom. The van der Waals surface area contributed by atoms with E-state index in [1.165, 1.54) is 39.9 Å². The first-order valence-electron chi connectivity index (χ1n) is 15.0. The van der Waals surface area contributed by atoms with Gasteiger partial charge < -0.3 is 39.3 Å². The fourth-order valence-corrected chi connectivity index (χ4v) is 8.15. The van der Waals surface area contributed by atoms with E-state index >= 15 is 0 Å². The van der Waals surface area contributed by atoms with Gasteiger partial charge in [0.05, 0.1) is 25.0 Å². The van der Waals surface area contributed by atoms with Crippen molar-refractivity contribution in [1.29, 1.82) is 0 Å². The number of nitrogens with zero attached hydrogens (tertiary/aromatic N) is 7. The van der Waals surface area contributed by atoms with E-state index in [0.29, 0.717) is 16.9 Å². The summed E-state index contributed by atoms with van der Waals surface area (Å²) < 4.78 is 35.3. The first kappa shape index (κ1) is 34.2. The van der Waals surface area contributed by atoms with Crippen LogP contribution in [0.15, 0.2) is 41.7 Å². The monoisotopic (exact) mass is 710 g/mol. The first-order chi connectivity index (χ1) is 22.1. The maximum absolute atomic E-state index is 12.5.